The summed E-state index contributed by atoms with van der Waals surface area (Å²) in [5.74, 6) is -0.669. The average Bonchev–Trinajstić information content (AvgIpc) is 2.34. The van der Waals surface area contributed by atoms with E-state index in [-0.39, 0.29) is 6.10 Å². The molecule has 0 spiro atoms. The first-order valence-corrected chi connectivity index (χ1v) is 3.94. The quantitative estimate of drug-likeness (QED) is 0.501. The molecule has 70 valence electrons. The van der Waals surface area contributed by atoms with Crippen molar-refractivity contribution in [1.82, 2.24) is 0 Å². The minimum Gasteiger partial charge on any atom is -0.366 e. The van der Waals surface area contributed by atoms with Gasteiger partial charge in [-0.25, -0.2) is 0 Å². The van der Waals surface area contributed by atoms with E-state index in [1.165, 1.54) is 0 Å². The van der Waals surface area contributed by atoms with Gasteiger partial charge >= 0.3 is 0 Å². The Hall–Kier alpha value is -0.200. The van der Waals surface area contributed by atoms with Gasteiger partial charge in [0, 0.05) is 0 Å². The molecule has 0 saturated carbocycles. The summed E-state index contributed by atoms with van der Waals surface area (Å²) < 4.78 is 15.7. The molecule has 5 heteroatoms. The van der Waals surface area contributed by atoms with Gasteiger partial charge in [0.15, 0.2) is 12.1 Å². The van der Waals surface area contributed by atoms with Gasteiger partial charge in [-0.15, -0.1) is 0 Å². The minimum atomic E-state index is -0.966. The summed E-state index contributed by atoms with van der Waals surface area (Å²) in [6, 6.07) is 0. The number of fused-ring (bicyclic) bond motifs is 1. The Labute approximate surface area is 70.4 Å². The average molecular weight is 175 g/mol. The lowest BCUT2D eigenvalue weighted by atomic mass is 10.2. The van der Waals surface area contributed by atoms with Crippen molar-refractivity contribution in [3.63, 3.8) is 0 Å². The number of hydrogen-bond donors (Lipinski definition) is 2. The van der Waals surface area contributed by atoms with Crippen LogP contribution < -0.4 is 5.73 Å². The van der Waals surface area contributed by atoms with E-state index in [4.69, 9.17) is 19.9 Å². The second-order valence-electron chi connectivity index (χ2n) is 3.56. The third-order valence-electron chi connectivity index (χ3n) is 2.07. The highest BCUT2D eigenvalue weighted by Gasteiger charge is 2.53. The zero-order valence-corrected chi connectivity index (χ0v) is 7.06. The molecule has 2 aliphatic rings. The van der Waals surface area contributed by atoms with Gasteiger partial charge in [-0.1, -0.05) is 0 Å². The van der Waals surface area contributed by atoms with Gasteiger partial charge < -0.3 is 25.1 Å². The van der Waals surface area contributed by atoms with Gasteiger partial charge in [0.25, 0.3) is 0 Å². The van der Waals surface area contributed by atoms with Crippen LogP contribution in [0.4, 0.5) is 0 Å². The molecule has 4 atom stereocenters. The summed E-state index contributed by atoms with van der Waals surface area (Å²) in [5, 5.41) is 9.29. The first kappa shape index (κ1) is 8.40. The normalized spacial score (nSPS) is 51.0. The van der Waals surface area contributed by atoms with Gasteiger partial charge in [-0.3, -0.25) is 0 Å². The van der Waals surface area contributed by atoms with E-state index in [0.29, 0.717) is 0 Å². The molecular weight excluding hydrogens is 162 g/mol. The van der Waals surface area contributed by atoms with Crippen molar-refractivity contribution in [1.29, 1.82) is 0 Å². The van der Waals surface area contributed by atoms with E-state index < -0.39 is 24.4 Å². The highest BCUT2D eigenvalue weighted by atomic mass is 16.8. The van der Waals surface area contributed by atoms with Gasteiger partial charge in [0.2, 0.25) is 0 Å². The summed E-state index contributed by atoms with van der Waals surface area (Å²) >= 11 is 0. The molecule has 0 bridgehead atoms. The fraction of sp³-hybridized carbons (Fsp3) is 1.00. The molecule has 12 heavy (non-hydrogen) atoms. The number of nitrogens with two attached hydrogens (primary N) is 1. The summed E-state index contributed by atoms with van der Waals surface area (Å²) in [5.41, 5.74) is 5.54. The monoisotopic (exact) mass is 175 g/mol. The Morgan fingerprint density at radius 3 is 2.42 bits per heavy atom. The fourth-order valence-corrected chi connectivity index (χ4v) is 1.61. The molecule has 2 rings (SSSR count). The molecule has 0 aromatic carbocycles. The SMILES string of the molecule is CC1(C)O[C@@H]2[C@H](O1)[C@H](N)O[C@H]2O. The molecule has 3 N–H and O–H groups in total. The number of ether oxygens (including phenoxy) is 3. The molecule has 0 radical (unpaired) electrons. The lowest BCUT2D eigenvalue weighted by Gasteiger charge is -2.20. The zero-order valence-electron chi connectivity index (χ0n) is 7.06. The smallest absolute Gasteiger partial charge is 0.186 e. The van der Waals surface area contributed by atoms with Crippen LogP contribution >= 0.6 is 0 Å². The second kappa shape index (κ2) is 2.40. The van der Waals surface area contributed by atoms with Crippen molar-refractivity contribution < 1.29 is 19.3 Å². The van der Waals surface area contributed by atoms with Crippen molar-refractivity contribution in [2.45, 2.75) is 44.4 Å². The molecule has 0 unspecified atom stereocenters. The van der Waals surface area contributed by atoms with Crippen molar-refractivity contribution in [2.75, 3.05) is 0 Å². The first-order valence-electron chi connectivity index (χ1n) is 3.94. The van der Waals surface area contributed by atoms with Gasteiger partial charge in [-0.2, -0.15) is 0 Å². The third kappa shape index (κ3) is 1.14. The molecule has 0 aromatic rings. The molecule has 0 amide bonds. The topological polar surface area (TPSA) is 73.9 Å². The highest BCUT2D eigenvalue weighted by Crippen LogP contribution is 2.36. The van der Waals surface area contributed by atoms with Crippen LogP contribution in [0.25, 0.3) is 0 Å². The van der Waals surface area contributed by atoms with E-state index >= 15 is 0 Å². The van der Waals surface area contributed by atoms with Crippen LogP contribution in [0.15, 0.2) is 0 Å². The summed E-state index contributed by atoms with van der Waals surface area (Å²) in [7, 11) is 0. The Bertz CT molecular complexity index is 178. The van der Waals surface area contributed by atoms with Gasteiger partial charge in [0.1, 0.15) is 18.4 Å². The maximum absolute atomic E-state index is 9.29. The highest BCUT2D eigenvalue weighted by molar-refractivity contribution is 4.91. The van der Waals surface area contributed by atoms with Crippen molar-refractivity contribution in [3.05, 3.63) is 0 Å². The van der Waals surface area contributed by atoms with E-state index in [1.54, 1.807) is 13.8 Å². The van der Waals surface area contributed by atoms with Crippen molar-refractivity contribution in [3.8, 4) is 0 Å². The zero-order chi connectivity index (χ0) is 8.93. The predicted octanol–water partition coefficient (Wildman–Crippen LogP) is -0.860. The van der Waals surface area contributed by atoms with E-state index in [2.05, 4.69) is 0 Å². The third-order valence-corrected chi connectivity index (χ3v) is 2.07. The van der Waals surface area contributed by atoms with Crippen LogP contribution in [-0.2, 0) is 14.2 Å². The molecular formula is C7H13NO4. The summed E-state index contributed by atoms with van der Waals surface area (Å²) in [4.78, 5) is 0. The van der Waals surface area contributed by atoms with Crippen LogP contribution in [0.2, 0.25) is 0 Å². The molecule has 2 heterocycles. The largest absolute Gasteiger partial charge is 0.366 e. The number of aliphatic hydroxyl groups is 1. The maximum Gasteiger partial charge on any atom is 0.186 e. The molecule has 0 aromatic heterocycles. The van der Waals surface area contributed by atoms with Gasteiger partial charge in [0.05, 0.1) is 0 Å². The van der Waals surface area contributed by atoms with Crippen LogP contribution in [-0.4, -0.2) is 35.6 Å². The predicted molar refractivity (Wildman–Crippen MR) is 38.9 cm³/mol. The minimum absolute atomic E-state index is 0.352. The standard InChI is InChI=1S/C7H13NO4/c1-7(2)11-3-4(12-7)6(9)10-5(3)8/h3-6,9H,8H2,1-2H3/t3-,4+,5+,6+/m0/s1. The Balaban J connectivity index is 2.15. The Kier molecular flexibility index (Phi) is 1.68. The van der Waals surface area contributed by atoms with Crippen LogP contribution in [0.5, 0.6) is 0 Å². The second-order valence-corrected chi connectivity index (χ2v) is 3.56. The maximum atomic E-state index is 9.29. The first-order chi connectivity index (χ1) is 5.49. The number of rotatable bonds is 0. The Morgan fingerprint density at radius 2 is 1.83 bits per heavy atom. The molecule has 2 aliphatic heterocycles. The van der Waals surface area contributed by atoms with Gasteiger partial charge in [-0.05, 0) is 13.8 Å². The lowest BCUT2D eigenvalue weighted by molar-refractivity contribution is -0.219. The summed E-state index contributed by atoms with van der Waals surface area (Å²) in [6.45, 7) is 3.56. The number of hydrogen-bond acceptors (Lipinski definition) is 5. The van der Waals surface area contributed by atoms with Crippen LogP contribution in [0, 0.1) is 0 Å². The molecule has 2 fully saturated rings. The number of aliphatic hydroxyl groups excluding tert-OH is 1. The van der Waals surface area contributed by atoms with Crippen molar-refractivity contribution >= 4 is 0 Å². The molecule has 5 nitrogen and oxygen atoms in total. The van der Waals surface area contributed by atoms with Crippen LogP contribution in [0.3, 0.4) is 0 Å². The van der Waals surface area contributed by atoms with Crippen LogP contribution in [0.1, 0.15) is 13.8 Å². The van der Waals surface area contributed by atoms with Crippen molar-refractivity contribution in [2.24, 2.45) is 5.73 Å². The fourth-order valence-electron chi connectivity index (χ4n) is 1.61. The molecule has 0 aliphatic carbocycles. The lowest BCUT2D eigenvalue weighted by Crippen LogP contribution is -2.35. The Morgan fingerprint density at radius 1 is 1.25 bits per heavy atom. The van der Waals surface area contributed by atoms with E-state index in [9.17, 15) is 5.11 Å². The summed E-state index contributed by atoms with van der Waals surface area (Å²) in [6.07, 6.45) is -2.36. The van der Waals surface area contributed by atoms with E-state index in [1.807, 2.05) is 0 Å². The molecule has 2 saturated heterocycles. The van der Waals surface area contributed by atoms with E-state index in [0.717, 1.165) is 0 Å².